The summed E-state index contributed by atoms with van der Waals surface area (Å²) in [7, 11) is 3.29. The number of halogens is 1. The molecule has 0 bridgehead atoms. The average molecular weight is 350 g/mol. The molecular formula is C17H20BrNO2. The fraction of sp³-hybridized carbons (Fsp3) is 0.294. The molecule has 0 unspecified atom stereocenters. The quantitative estimate of drug-likeness (QED) is 0.823. The van der Waals surface area contributed by atoms with Gasteiger partial charge in [-0.05, 0) is 35.7 Å². The third-order valence-electron chi connectivity index (χ3n) is 3.42. The van der Waals surface area contributed by atoms with Gasteiger partial charge in [0, 0.05) is 16.7 Å². The van der Waals surface area contributed by atoms with E-state index in [2.05, 4.69) is 46.4 Å². The van der Waals surface area contributed by atoms with E-state index in [-0.39, 0.29) is 0 Å². The molecular weight excluding hydrogens is 330 g/mol. The fourth-order valence-corrected chi connectivity index (χ4v) is 2.69. The van der Waals surface area contributed by atoms with Crippen LogP contribution in [0.3, 0.4) is 0 Å². The lowest BCUT2D eigenvalue weighted by Gasteiger charge is -2.14. The number of hydrogen-bond donors (Lipinski definition) is 1. The molecule has 0 heterocycles. The van der Waals surface area contributed by atoms with Crippen molar-refractivity contribution in [2.45, 2.75) is 19.9 Å². The number of aryl methyl sites for hydroxylation is 1. The van der Waals surface area contributed by atoms with Crippen molar-refractivity contribution >= 4 is 21.6 Å². The van der Waals surface area contributed by atoms with Gasteiger partial charge in [-0.15, -0.1) is 0 Å². The van der Waals surface area contributed by atoms with Gasteiger partial charge in [-0.3, -0.25) is 0 Å². The number of rotatable bonds is 6. The average Bonchev–Trinajstić information content (AvgIpc) is 2.53. The number of anilines is 1. The largest absolute Gasteiger partial charge is 0.493 e. The van der Waals surface area contributed by atoms with Crippen LogP contribution >= 0.6 is 15.9 Å². The molecule has 0 saturated heterocycles. The lowest BCUT2D eigenvalue weighted by atomic mass is 10.1. The zero-order valence-corrected chi connectivity index (χ0v) is 14.2. The summed E-state index contributed by atoms with van der Waals surface area (Å²) in [6.07, 6.45) is 1.01. The van der Waals surface area contributed by atoms with Crippen LogP contribution in [-0.2, 0) is 13.0 Å². The summed E-state index contributed by atoms with van der Waals surface area (Å²) >= 11 is 3.58. The van der Waals surface area contributed by atoms with E-state index in [1.54, 1.807) is 14.2 Å². The molecule has 2 aromatic carbocycles. The molecule has 3 nitrogen and oxygen atoms in total. The Morgan fingerprint density at radius 2 is 1.67 bits per heavy atom. The number of para-hydroxylation sites is 1. The van der Waals surface area contributed by atoms with Gasteiger partial charge in [-0.1, -0.05) is 41.1 Å². The van der Waals surface area contributed by atoms with Crippen LogP contribution in [0.25, 0.3) is 0 Å². The van der Waals surface area contributed by atoms with Gasteiger partial charge in [0.25, 0.3) is 0 Å². The predicted octanol–water partition coefficient (Wildman–Crippen LogP) is 4.64. The molecule has 0 spiro atoms. The molecule has 21 heavy (non-hydrogen) atoms. The van der Waals surface area contributed by atoms with Crippen LogP contribution < -0.4 is 14.8 Å². The van der Waals surface area contributed by atoms with E-state index in [1.165, 1.54) is 11.3 Å². The summed E-state index contributed by atoms with van der Waals surface area (Å²) in [4.78, 5) is 0. The molecule has 0 atom stereocenters. The number of ether oxygens (including phenoxy) is 2. The van der Waals surface area contributed by atoms with Gasteiger partial charge >= 0.3 is 0 Å². The number of nitrogens with one attached hydrogen (secondary N) is 1. The Balaban J connectivity index is 2.20. The highest BCUT2D eigenvalue weighted by Gasteiger charge is 2.10. The van der Waals surface area contributed by atoms with Gasteiger partial charge in [0.1, 0.15) is 0 Å². The van der Waals surface area contributed by atoms with E-state index in [0.717, 1.165) is 34.5 Å². The van der Waals surface area contributed by atoms with Gasteiger partial charge in [-0.2, -0.15) is 0 Å². The van der Waals surface area contributed by atoms with Gasteiger partial charge in [-0.25, -0.2) is 0 Å². The molecule has 4 heteroatoms. The number of hydrogen-bond acceptors (Lipinski definition) is 3. The van der Waals surface area contributed by atoms with Gasteiger partial charge in [0.05, 0.1) is 14.2 Å². The Morgan fingerprint density at radius 1 is 1.00 bits per heavy atom. The minimum Gasteiger partial charge on any atom is -0.493 e. The summed E-state index contributed by atoms with van der Waals surface area (Å²) in [6.45, 7) is 2.88. The first-order valence-corrected chi connectivity index (χ1v) is 7.71. The smallest absolute Gasteiger partial charge is 0.161 e. The predicted molar refractivity (Wildman–Crippen MR) is 90.4 cm³/mol. The molecule has 0 saturated carbocycles. The molecule has 2 rings (SSSR count). The van der Waals surface area contributed by atoms with Crippen molar-refractivity contribution < 1.29 is 9.47 Å². The monoisotopic (exact) mass is 349 g/mol. The molecule has 0 amide bonds. The highest BCUT2D eigenvalue weighted by molar-refractivity contribution is 9.10. The molecule has 112 valence electrons. The molecule has 0 aliphatic rings. The van der Waals surface area contributed by atoms with Gasteiger partial charge < -0.3 is 14.8 Å². The SMILES string of the molecule is CCc1ccccc1NCc1cc(OC)c(OC)cc1Br. The Morgan fingerprint density at radius 3 is 2.33 bits per heavy atom. The maximum atomic E-state index is 5.36. The molecule has 0 radical (unpaired) electrons. The van der Waals surface area contributed by atoms with E-state index in [0.29, 0.717) is 0 Å². The van der Waals surface area contributed by atoms with E-state index >= 15 is 0 Å². The van der Waals surface area contributed by atoms with Gasteiger partial charge in [0.2, 0.25) is 0 Å². The van der Waals surface area contributed by atoms with Crippen LogP contribution in [0.2, 0.25) is 0 Å². The zero-order valence-electron chi connectivity index (χ0n) is 12.6. The highest BCUT2D eigenvalue weighted by Crippen LogP contribution is 2.33. The minimum absolute atomic E-state index is 0.720. The molecule has 0 aromatic heterocycles. The minimum atomic E-state index is 0.720. The first-order valence-electron chi connectivity index (χ1n) is 6.91. The van der Waals surface area contributed by atoms with Crippen molar-refractivity contribution in [1.29, 1.82) is 0 Å². The van der Waals surface area contributed by atoms with E-state index in [4.69, 9.17) is 9.47 Å². The van der Waals surface area contributed by atoms with E-state index in [1.807, 2.05) is 18.2 Å². The zero-order chi connectivity index (χ0) is 15.2. The topological polar surface area (TPSA) is 30.5 Å². The summed E-state index contributed by atoms with van der Waals surface area (Å²) in [5.74, 6) is 1.46. The molecule has 2 aromatic rings. The summed E-state index contributed by atoms with van der Waals surface area (Å²) in [5, 5.41) is 3.48. The van der Waals surface area contributed by atoms with Crippen LogP contribution in [-0.4, -0.2) is 14.2 Å². The third-order valence-corrected chi connectivity index (χ3v) is 4.16. The Kier molecular flexibility index (Phi) is 5.51. The summed E-state index contributed by atoms with van der Waals surface area (Å²) < 4.78 is 11.7. The van der Waals surface area contributed by atoms with Crippen molar-refractivity contribution in [2.75, 3.05) is 19.5 Å². The first kappa shape index (κ1) is 15.7. The number of methoxy groups -OCH3 is 2. The summed E-state index contributed by atoms with van der Waals surface area (Å²) in [5.41, 5.74) is 3.61. The highest BCUT2D eigenvalue weighted by atomic mass is 79.9. The van der Waals surface area contributed by atoms with Gasteiger partial charge in [0.15, 0.2) is 11.5 Å². The van der Waals surface area contributed by atoms with Crippen molar-refractivity contribution in [3.63, 3.8) is 0 Å². The van der Waals surface area contributed by atoms with Crippen LogP contribution in [0.15, 0.2) is 40.9 Å². The Bertz CT molecular complexity index is 614. The fourth-order valence-electron chi connectivity index (χ4n) is 2.22. The second kappa shape index (κ2) is 7.36. The third kappa shape index (κ3) is 3.70. The van der Waals surface area contributed by atoms with Crippen LogP contribution in [0, 0.1) is 0 Å². The van der Waals surface area contributed by atoms with Crippen molar-refractivity contribution in [3.05, 3.63) is 52.0 Å². The Hall–Kier alpha value is -1.68. The summed E-state index contributed by atoms with van der Waals surface area (Å²) in [6, 6.07) is 12.3. The Labute approximate surface area is 134 Å². The first-order chi connectivity index (χ1) is 10.2. The lowest BCUT2D eigenvalue weighted by Crippen LogP contribution is -2.03. The van der Waals surface area contributed by atoms with Crippen molar-refractivity contribution in [2.24, 2.45) is 0 Å². The molecule has 0 aliphatic carbocycles. The van der Waals surface area contributed by atoms with Crippen molar-refractivity contribution in [3.8, 4) is 11.5 Å². The lowest BCUT2D eigenvalue weighted by molar-refractivity contribution is 0.354. The molecule has 0 aliphatic heterocycles. The molecule has 0 fully saturated rings. The van der Waals surface area contributed by atoms with E-state index < -0.39 is 0 Å². The van der Waals surface area contributed by atoms with Crippen molar-refractivity contribution in [1.82, 2.24) is 0 Å². The molecule has 1 N–H and O–H groups in total. The van der Waals surface area contributed by atoms with Crippen LogP contribution in [0.1, 0.15) is 18.1 Å². The van der Waals surface area contributed by atoms with Crippen LogP contribution in [0.5, 0.6) is 11.5 Å². The van der Waals surface area contributed by atoms with Crippen LogP contribution in [0.4, 0.5) is 5.69 Å². The number of benzene rings is 2. The maximum Gasteiger partial charge on any atom is 0.161 e. The second-order valence-electron chi connectivity index (χ2n) is 4.66. The second-order valence-corrected chi connectivity index (χ2v) is 5.52. The van der Waals surface area contributed by atoms with E-state index in [9.17, 15) is 0 Å². The normalized spacial score (nSPS) is 10.3. The standard InChI is InChI=1S/C17H20BrNO2/c1-4-12-7-5-6-8-15(12)19-11-13-9-16(20-2)17(21-3)10-14(13)18/h5-10,19H,4,11H2,1-3H3. The maximum absolute atomic E-state index is 5.36.